The van der Waals surface area contributed by atoms with Crippen molar-refractivity contribution in [1.82, 2.24) is 10.6 Å². The van der Waals surface area contributed by atoms with Gasteiger partial charge in [-0.2, -0.15) is 0 Å². The zero-order valence-electron chi connectivity index (χ0n) is 14.4. The van der Waals surface area contributed by atoms with Gasteiger partial charge in [0.1, 0.15) is 11.9 Å². The summed E-state index contributed by atoms with van der Waals surface area (Å²) in [5.41, 5.74) is 1.07. The summed E-state index contributed by atoms with van der Waals surface area (Å²) in [4.78, 5) is 12.3. The average molecular weight is 330 g/mol. The van der Waals surface area contributed by atoms with Crippen LogP contribution < -0.4 is 10.6 Å². The minimum atomic E-state index is -0.731. The fourth-order valence-electron chi connectivity index (χ4n) is 2.69. The molecular weight excluding hydrogens is 304 g/mol. The van der Waals surface area contributed by atoms with Gasteiger partial charge in [-0.25, -0.2) is 4.79 Å². The lowest BCUT2D eigenvalue weighted by molar-refractivity contribution is 0.129. The molecule has 0 saturated heterocycles. The lowest BCUT2D eigenvalue weighted by Gasteiger charge is -2.25. The smallest absolute Gasteiger partial charge is 0.315 e. The lowest BCUT2D eigenvalue weighted by Crippen LogP contribution is -2.44. The maximum absolute atomic E-state index is 12.3. The molecule has 130 valence electrons. The van der Waals surface area contributed by atoms with E-state index in [4.69, 9.17) is 4.42 Å². The van der Waals surface area contributed by atoms with Gasteiger partial charge in [0.15, 0.2) is 0 Å². The highest BCUT2D eigenvalue weighted by atomic mass is 16.4. The van der Waals surface area contributed by atoms with Crippen LogP contribution in [0.25, 0.3) is 0 Å². The molecule has 2 rings (SSSR count). The number of aliphatic hydroxyl groups is 1. The molecule has 2 amide bonds. The molecule has 3 atom stereocenters. The molecule has 0 spiro atoms. The Morgan fingerprint density at radius 3 is 2.38 bits per heavy atom. The van der Waals surface area contributed by atoms with Crippen LogP contribution >= 0.6 is 0 Å². The number of nitrogens with one attached hydrogen (secondary N) is 2. The molecule has 0 saturated carbocycles. The zero-order chi connectivity index (χ0) is 17.5. The summed E-state index contributed by atoms with van der Waals surface area (Å²) in [6, 6.07) is 12.9. The van der Waals surface area contributed by atoms with E-state index in [0.717, 1.165) is 5.56 Å². The maximum Gasteiger partial charge on any atom is 0.315 e. The molecule has 2 aromatic rings. The van der Waals surface area contributed by atoms with Gasteiger partial charge in [-0.15, -0.1) is 0 Å². The molecule has 1 aromatic heterocycles. The Kier molecular flexibility index (Phi) is 6.44. The quantitative estimate of drug-likeness (QED) is 0.723. The van der Waals surface area contributed by atoms with Gasteiger partial charge in [-0.1, -0.05) is 44.2 Å². The van der Waals surface area contributed by atoms with Gasteiger partial charge < -0.3 is 20.2 Å². The van der Waals surface area contributed by atoms with Crippen LogP contribution in [0, 0.1) is 5.92 Å². The van der Waals surface area contributed by atoms with Crippen molar-refractivity contribution in [3.05, 3.63) is 60.1 Å². The van der Waals surface area contributed by atoms with Crippen LogP contribution in [0.4, 0.5) is 4.79 Å². The number of urea groups is 1. The minimum Gasteiger partial charge on any atom is -0.467 e. The molecule has 3 unspecified atom stereocenters. The number of hydrogen-bond acceptors (Lipinski definition) is 3. The molecule has 5 heteroatoms. The van der Waals surface area contributed by atoms with E-state index in [-0.39, 0.29) is 24.0 Å². The summed E-state index contributed by atoms with van der Waals surface area (Å²) in [5, 5.41) is 16.0. The highest BCUT2D eigenvalue weighted by Crippen LogP contribution is 2.21. The van der Waals surface area contributed by atoms with Crippen molar-refractivity contribution in [2.45, 2.75) is 45.4 Å². The number of benzene rings is 1. The third-order valence-corrected chi connectivity index (χ3v) is 3.94. The van der Waals surface area contributed by atoms with E-state index in [1.54, 1.807) is 12.1 Å². The summed E-state index contributed by atoms with van der Waals surface area (Å²) in [6.07, 6.45) is 1.18. The molecule has 0 bridgehead atoms. The Balaban J connectivity index is 1.88. The van der Waals surface area contributed by atoms with Gasteiger partial charge in [0.2, 0.25) is 0 Å². The Morgan fingerprint density at radius 2 is 1.79 bits per heavy atom. The fourth-order valence-corrected chi connectivity index (χ4v) is 2.69. The molecule has 24 heavy (non-hydrogen) atoms. The van der Waals surface area contributed by atoms with Crippen LogP contribution in [0.5, 0.6) is 0 Å². The number of furan rings is 1. The number of aliphatic hydroxyl groups excluding tert-OH is 1. The van der Waals surface area contributed by atoms with Crippen molar-refractivity contribution in [3.63, 3.8) is 0 Å². The first-order chi connectivity index (χ1) is 11.5. The van der Waals surface area contributed by atoms with Crippen LogP contribution in [0.15, 0.2) is 53.1 Å². The lowest BCUT2D eigenvalue weighted by atomic mass is 9.96. The van der Waals surface area contributed by atoms with Crippen molar-refractivity contribution in [3.8, 4) is 0 Å². The second-order valence-corrected chi connectivity index (χ2v) is 6.42. The van der Waals surface area contributed by atoms with Crippen molar-refractivity contribution in [2.24, 2.45) is 5.92 Å². The van der Waals surface area contributed by atoms with Gasteiger partial charge in [-0.3, -0.25) is 0 Å². The molecule has 5 nitrogen and oxygen atoms in total. The molecule has 3 N–H and O–H groups in total. The summed E-state index contributed by atoms with van der Waals surface area (Å²) in [6.45, 7) is 6.00. The van der Waals surface area contributed by atoms with Crippen LogP contribution in [-0.2, 0) is 0 Å². The van der Waals surface area contributed by atoms with Crippen molar-refractivity contribution >= 4 is 6.03 Å². The number of carbonyl (C=O) groups is 1. The van der Waals surface area contributed by atoms with Crippen molar-refractivity contribution in [2.75, 3.05) is 0 Å². The fraction of sp³-hybridized carbons (Fsp3) is 0.421. The number of amides is 2. The maximum atomic E-state index is 12.3. The molecule has 0 fully saturated rings. The van der Waals surface area contributed by atoms with Gasteiger partial charge in [0.05, 0.1) is 12.3 Å². The van der Waals surface area contributed by atoms with E-state index in [1.165, 1.54) is 6.26 Å². The summed E-state index contributed by atoms with van der Waals surface area (Å²) in [7, 11) is 0. The Bertz CT molecular complexity index is 611. The van der Waals surface area contributed by atoms with Crippen molar-refractivity contribution in [1.29, 1.82) is 0 Å². The van der Waals surface area contributed by atoms with E-state index < -0.39 is 6.10 Å². The van der Waals surface area contributed by atoms with E-state index in [9.17, 15) is 9.90 Å². The van der Waals surface area contributed by atoms with Gasteiger partial charge in [0.25, 0.3) is 0 Å². The topological polar surface area (TPSA) is 74.5 Å². The van der Waals surface area contributed by atoms with Crippen LogP contribution in [0.3, 0.4) is 0 Å². The number of hydrogen-bond donors (Lipinski definition) is 3. The molecule has 0 radical (unpaired) electrons. The predicted octanol–water partition coefficient (Wildman–Crippen LogP) is 3.79. The number of carbonyl (C=O) groups excluding carboxylic acids is 1. The summed E-state index contributed by atoms with van der Waals surface area (Å²) < 4.78 is 5.18. The van der Waals surface area contributed by atoms with Gasteiger partial charge in [0, 0.05) is 12.5 Å². The Morgan fingerprint density at radius 1 is 1.08 bits per heavy atom. The van der Waals surface area contributed by atoms with Crippen LogP contribution in [0.2, 0.25) is 0 Å². The summed E-state index contributed by atoms with van der Waals surface area (Å²) >= 11 is 0. The minimum absolute atomic E-state index is 0.0617. The van der Waals surface area contributed by atoms with E-state index in [1.807, 2.05) is 37.3 Å². The molecule has 0 aliphatic carbocycles. The molecule has 1 heterocycles. The van der Waals surface area contributed by atoms with Gasteiger partial charge >= 0.3 is 6.03 Å². The normalized spacial score (nSPS) is 14.9. The molecular formula is C19H26N2O3. The van der Waals surface area contributed by atoms with E-state index in [2.05, 4.69) is 24.5 Å². The first-order valence-electron chi connectivity index (χ1n) is 8.30. The molecule has 0 aliphatic rings. The third kappa shape index (κ3) is 5.13. The Hall–Kier alpha value is -2.27. The highest BCUT2D eigenvalue weighted by molar-refractivity contribution is 5.74. The highest BCUT2D eigenvalue weighted by Gasteiger charge is 2.20. The van der Waals surface area contributed by atoms with Crippen LogP contribution in [-0.4, -0.2) is 17.2 Å². The van der Waals surface area contributed by atoms with E-state index >= 15 is 0 Å². The third-order valence-electron chi connectivity index (χ3n) is 3.94. The molecule has 1 aromatic carbocycles. The van der Waals surface area contributed by atoms with Gasteiger partial charge in [-0.05, 0) is 30.5 Å². The number of rotatable bonds is 7. The second-order valence-electron chi connectivity index (χ2n) is 6.42. The summed E-state index contributed by atoms with van der Waals surface area (Å²) in [5.74, 6) is 0.774. The monoisotopic (exact) mass is 330 g/mol. The van der Waals surface area contributed by atoms with Crippen molar-refractivity contribution < 1.29 is 14.3 Å². The zero-order valence-corrected chi connectivity index (χ0v) is 14.4. The average Bonchev–Trinajstić information content (AvgIpc) is 3.07. The SMILES string of the molecule is CC(CC(O)c1ccco1)NC(=O)NC(c1ccccc1)C(C)C. The first-order valence-corrected chi connectivity index (χ1v) is 8.30. The standard InChI is InChI=1S/C19H26N2O3/c1-13(2)18(15-8-5-4-6-9-15)21-19(23)20-14(3)12-16(22)17-10-7-11-24-17/h4-11,13-14,16,18,22H,12H2,1-3H3,(H2,20,21,23). The Labute approximate surface area is 143 Å². The van der Waals surface area contributed by atoms with E-state index in [0.29, 0.717) is 12.2 Å². The molecule has 0 aliphatic heterocycles. The predicted molar refractivity (Wildman–Crippen MR) is 93.4 cm³/mol. The second kappa shape index (κ2) is 8.55. The largest absolute Gasteiger partial charge is 0.467 e. The first kappa shape index (κ1) is 18.1. The van der Waals surface area contributed by atoms with Crippen LogP contribution in [0.1, 0.15) is 50.7 Å².